The molecule has 0 atom stereocenters. The Balaban J connectivity index is 2.44. The van der Waals surface area contributed by atoms with Crippen molar-refractivity contribution >= 4 is 15.9 Å². The summed E-state index contributed by atoms with van der Waals surface area (Å²) in [4.78, 5) is 0. The lowest BCUT2D eigenvalue weighted by Crippen LogP contribution is -2.01. The number of hydrogen-bond acceptors (Lipinski definition) is 3. The second kappa shape index (κ2) is 3.89. The molecule has 0 amide bonds. The Kier molecular flexibility index (Phi) is 2.60. The maximum atomic E-state index is 9.01. The van der Waals surface area contributed by atoms with E-state index in [4.69, 9.17) is 5.11 Å². The van der Waals surface area contributed by atoms with E-state index in [9.17, 15) is 0 Å². The first-order valence-electron chi connectivity index (χ1n) is 4.07. The normalized spacial score (nSPS) is 10.4. The van der Waals surface area contributed by atoms with Gasteiger partial charge in [0.25, 0.3) is 0 Å². The van der Waals surface area contributed by atoms with Crippen molar-refractivity contribution in [3.05, 3.63) is 40.6 Å². The molecule has 1 aromatic carbocycles. The molecule has 0 saturated heterocycles. The summed E-state index contributed by atoms with van der Waals surface area (Å²) in [7, 11) is 0. The number of halogens is 1. The van der Waals surface area contributed by atoms with Gasteiger partial charge in [-0.3, -0.25) is 0 Å². The fraction of sp³-hybridized carbons (Fsp3) is 0.111. The molecule has 2 aromatic rings. The van der Waals surface area contributed by atoms with Gasteiger partial charge in [0.05, 0.1) is 24.2 Å². The zero-order chi connectivity index (χ0) is 9.97. The molecule has 0 fully saturated rings. The van der Waals surface area contributed by atoms with E-state index in [-0.39, 0.29) is 6.61 Å². The van der Waals surface area contributed by atoms with Crippen molar-refractivity contribution in [1.82, 2.24) is 15.0 Å². The van der Waals surface area contributed by atoms with Crippen LogP contribution in [0.25, 0.3) is 5.69 Å². The average Bonchev–Trinajstić information content (AvgIpc) is 2.67. The highest BCUT2D eigenvalue weighted by Gasteiger charge is 2.03. The average molecular weight is 254 g/mol. The largest absolute Gasteiger partial charge is 0.390 e. The molecule has 0 aliphatic heterocycles. The van der Waals surface area contributed by atoms with E-state index in [2.05, 4.69) is 26.2 Å². The van der Waals surface area contributed by atoms with Gasteiger partial charge >= 0.3 is 0 Å². The minimum Gasteiger partial charge on any atom is -0.390 e. The lowest BCUT2D eigenvalue weighted by atomic mass is 10.3. The zero-order valence-corrected chi connectivity index (χ0v) is 8.85. The highest BCUT2D eigenvalue weighted by Crippen LogP contribution is 2.14. The van der Waals surface area contributed by atoms with E-state index in [1.807, 2.05) is 24.3 Å². The Morgan fingerprint density at radius 2 is 2.00 bits per heavy atom. The number of benzene rings is 1. The molecule has 0 saturated carbocycles. The van der Waals surface area contributed by atoms with E-state index in [0.29, 0.717) is 5.69 Å². The third-order valence-electron chi connectivity index (χ3n) is 1.85. The van der Waals surface area contributed by atoms with E-state index >= 15 is 0 Å². The van der Waals surface area contributed by atoms with Crippen LogP contribution in [-0.2, 0) is 6.61 Å². The van der Waals surface area contributed by atoms with Crippen LogP contribution >= 0.6 is 15.9 Å². The third-order valence-corrected chi connectivity index (χ3v) is 2.38. The second-order valence-corrected chi connectivity index (χ2v) is 3.69. The monoisotopic (exact) mass is 253 g/mol. The Labute approximate surface area is 89.3 Å². The van der Waals surface area contributed by atoms with Gasteiger partial charge in [0.1, 0.15) is 0 Å². The number of rotatable bonds is 2. The molecule has 0 bridgehead atoms. The molecule has 14 heavy (non-hydrogen) atoms. The van der Waals surface area contributed by atoms with Gasteiger partial charge in [-0.05, 0) is 24.3 Å². The topological polar surface area (TPSA) is 50.9 Å². The minimum atomic E-state index is -0.0664. The summed E-state index contributed by atoms with van der Waals surface area (Å²) < 4.78 is 2.61. The summed E-state index contributed by atoms with van der Waals surface area (Å²) in [5.74, 6) is 0. The maximum absolute atomic E-state index is 9.01. The molecular weight excluding hydrogens is 246 g/mol. The lowest BCUT2D eigenvalue weighted by Gasteiger charge is -2.03. The fourth-order valence-corrected chi connectivity index (χ4v) is 1.43. The second-order valence-electron chi connectivity index (χ2n) is 2.77. The Bertz CT molecular complexity index is 424. The van der Waals surface area contributed by atoms with Gasteiger partial charge in [-0.1, -0.05) is 21.1 Å². The van der Waals surface area contributed by atoms with Crippen molar-refractivity contribution in [2.24, 2.45) is 0 Å². The van der Waals surface area contributed by atoms with Gasteiger partial charge in [-0.2, -0.15) is 0 Å². The highest BCUT2D eigenvalue weighted by molar-refractivity contribution is 9.10. The molecule has 0 aliphatic carbocycles. The minimum absolute atomic E-state index is 0.0664. The lowest BCUT2D eigenvalue weighted by molar-refractivity contribution is 0.273. The molecule has 4 nitrogen and oxygen atoms in total. The van der Waals surface area contributed by atoms with Gasteiger partial charge in [-0.25, -0.2) is 4.68 Å². The maximum Gasteiger partial charge on any atom is 0.0900 e. The smallest absolute Gasteiger partial charge is 0.0900 e. The van der Waals surface area contributed by atoms with Crippen LogP contribution in [0, 0.1) is 0 Å². The van der Waals surface area contributed by atoms with Gasteiger partial charge in [-0.15, -0.1) is 5.10 Å². The number of hydrogen-bond donors (Lipinski definition) is 1. The molecule has 1 N–H and O–H groups in total. The first-order valence-corrected chi connectivity index (χ1v) is 4.87. The van der Waals surface area contributed by atoms with Crippen molar-refractivity contribution in [2.45, 2.75) is 6.61 Å². The van der Waals surface area contributed by atoms with Crippen LogP contribution in [0.2, 0.25) is 0 Å². The molecule has 1 aromatic heterocycles. The van der Waals surface area contributed by atoms with Crippen molar-refractivity contribution < 1.29 is 5.11 Å². The Hall–Kier alpha value is -1.20. The van der Waals surface area contributed by atoms with Crippen LogP contribution in [0.3, 0.4) is 0 Å². The molecule has 0 spiro atoms. The van der Waals surface area contributed by atoms with Crippen molar-refractivity contribution in [2.75, 3.05) is 0 Å². The molecule has 72 valence electrons. The molecule has 0 radical (unpaired) electrons. The first kappa shape index (κ1) is 9.36. The SMILES string of the molecule is OCc1cnnn1-c1ccc(Br)cc1. The van der Waals surface area contributed by atoms with E-state index in [1.54, 1.807) is 10.9 Å². The fourth-order valence-electron chi connectivity index (χ4n) is 1.16. The summed E-state index contributed by atoms with van der Waals surface area (Å²) >= 11 is 3.35. The molecular formula is C9H8BrN3O. The summed E-state index contributed by atoms with van der Waals surface area (Å²) in [6.07, 6.45) is 1.54. The summed E-state index contributed by atoms with van der Waals surface area (Å²) in [6.45, 7) is -0.0664. The predicted molar refractivity (Wildman–Crippen MR) is 55.0 cm³/mol. The molecule has 5 heteroatoms. The van der Waals surface area contributed by atoms with Crippen LogP contribution in [-0.4, -0.2) is 20.1 Å². The predicted octanol–water partition coefficient (Wildman–Crippen LogP) is 1.52. The first-order chi connectivity index (χ1) is 6.81. The summed E-state index contributed by atoms with van der Waals surface area (Å²) in [5, 5.41) is 16.6. The zero-order valence-electron chi connectivity index (χ0n) is 7.26. The molecule has 0 unspecified atom stereocenters. The summed E-state index contributed by atoms with van der Waals surface area (Å²) in [5.41, 5.74) is 1.56. The number of aromatic nitrogens is 3. The Morgan fingerprint density at radius 3 is 2.64 bits per heavy atom. The number of aliphatic hydroxyl groups excluding tert-OH is 1. The standard InChI is InChI=1S/C9H8BrN3O/c10-7-1-3-8(4-2-7)13-9(6-14)5-11-12-13/h1-5,14H,6H2. The van der Waals surface area contributed by atoms with Gasteiger partial charge in [0, 0.05) is 4.47 Å². The summed E-state index contributed by atoms with van der Waals surface area (Å²) in [6, 6.07) is 7.63. The van der Waals surface area contributed by atoms with Gasteiger partial charge < -0.3 is 5.11 Å². The van der Waals surface area contributed by atoms with Gasteiger partial charge in [0.15, 0.2) is 0 Å². The van der Waals surface area contributed by atoms with E-state index in [1.165, 1.54) is 0 Å². The molecule has 2 rings (SSSR count). The van der Waals surface area contributed by atoms with Crippen LogP contribution < -0.4 is 0 Å². The Morgan fingerprint density at radius 1 is 1.29 bits per heavy atom. The highest BCUT2D eigenvalue weighted by atomic mass is 79.9. The van der Waals surface area contributed by atoms with Crippen LogP contribution in [0.5, 0.6) is 0 Å². The third kappa shape index (κ3) is 1.69. The van der Waals surface area contributed by atoms with Gasteiger partial charge in [0.2, 0.25) is 0 Å². The van der Waals surface area contributed by atoms with E-state index < -0.39 is 0 Å². The quantitative estimate of drug-likeness (QED) is 0.883. The van der Waals surface area contributed by atoms with Crippen molar-refractivity contribution in [3.63, 3.8) is 0 Å². The van der Waals surface area contributed by atoms with Crippen molar-refractivity contribution in [1.29, 1.82) is 0 Å². The van der Waals surface area contributed by atoms with E-state index in [0.717, 1.165) is 10.2 Å². The number of aliphatic hydroxyl groups is 1. The van der Waals surface area contributed by atoms with Crippen molar-refractivity contribution in [3.8, 4) is 5.69 Å². The van der Waals surface area contributed by atoms with Crippen LogP contribution in [0.15, 0.2) is 34.9 Å². The van der Waals surface area contributed by atoms with Crippen LogP contribution in [0.4, 0.5) is 0 Å². The van der Waals surface area contributed by atoms with Crippen LogP contribution in [0.1, 0.15) is 5.69 Å². The molecule has 1 heterocycles. The molecule has 0 aliphatic rings. The number of nitrogens with zero attached hydrogens (tertiary/aromatic N) is 3.